The van der Waals surface area contributed by atoms with Crippen molar-refractivity contribution in [3.8, 4) is 0 Å². The van der Waals surface area contributed by atoms with E-state index in [1.807, 2.05) is 24.3 Å². The van der Waals surface area contributed by atoms with E-state index in [9.17, 15) is 19.5 Å². The first-order chi connectivity index (χ1) is 18.5. The van der Waals surface area contributed by atoms with Crippen molar-refractivity contribution in [1.29, 1.82) is 0 Å². The predicted molar refractivity (Wildman–Crippen MR) is 134 cm³/mol. The Kier molecular flexibility index (Phi) is 7.55. The lowest BCUT2D eigenvalue weighted by Crippen LogP contribution is -2.38. The molecule has 4 atom stereocenters. The third-order valence-corrected chi connectivity index (χ3v) is 7.51. The predicted octanol–water partition coefficient (Wildman–Crippen LogP) is 3.22. The number of fused-ring (bicyclic) bond motifs is 3. The van der Waals surface area contributed by atoms with Crippen molar-refractivity contribution in [3.05, 3.63) is 64.9 Å². The first kappa shape index (κ1) is 26.0. The van der Waals surface area contributed by atoms with Crippen LogP contribution in [0.2, 0.25) is 0 Å². The standard InChI is InChI=1S/C28H30N2O8/c1-35-14-17-12-20-25(27(33)30(26(20)32)28(34)36-2)21-15-37-23(24(17)21)9-6-16(22-5-3-4-10-29-22)11-18-7-8-19(13-31)38-18/h3-5,7-8,10-11,20-21,23,25,31H,6,9,12-15H2,1-2H3/b16-11-/t20-,21+,23-,25-/m1/s1. The van der Waals surface area contributed by atoms with Crippen LogP contribution in [0.15, 0.2) is 52.1 Å². The highest BCUT2D eigenvalue weighted by molar-refractivity contribution is 6.16. The molecule has 1 aliphatic carbocycles. The zero-order chi connectivity index (χ0) is 26.8. The fourth-order valence-electron chi connectivity index (χ4n) is 5.89. The molecule has 10 heteroatoms. The summed E-state index contributed by atoms with van der Waals surface area (Å²) in [4.78, 5) is 43.5. The molecule has 0 bridgehead atoms. The lowest BCUT2D eigenvalue weighted by molar-refractivity contribution is -0.137. The minimum atomic E-state index is -0.952. The Morgan fingerprint density at radius 1 is 1.18 bits per heavy atom. The average Bonchev–Trinajstić information content (AvgIpc) is 3.63. The van der Waals surface area contributed by atoms with Crippen LogP contribution in [0.25, 0.3) is 11.6 Å². The summed E-state index contributed by atoms with van der Waals surface area (Å²) in [5.41, 5.74) is 3.66. The van der Waals surface area contributed by atoms with Gasteiger partial charge in [0, 0.05) is 19.2 Å². The normalized spacial score (nSPS) is 25.1. The molecule has 4 heterocycles. The van der Waals surface area contributed by atoms with Gasteiger partial charge in [-0.15, -0.1) is 0 Å². The van der Waals surface area contributed by atoms with Crippen LogP contribution < -0.4 is 0 Å². The lowest BCUT2D eigenvalue weighted by atomic mass is 9.69. The Morgan fingerprint density at radius 3 is 2.71 bits per heavy atom. The van der Waals surface area contributed by atoms with Crippen molar-refractivity contribution in [2.75, 3.05) is 27.4 Å². The molecule has 0 saturated carbocycles. The van der Waals surface area contributed by atoms with Crippen molar-refractivity contribution in [2.24, 2.45) is 17.8 Å². The second-order valence-corrected chi connectivity index (χ2v) is 9.62. The lowest BCUT2D eigenvalue weighted by Gasteiger charge is -2.31. The summed E-state index contributed by atoms with van der Waals surface area (Å²) in [5.74, 6) is -1.57. The highest BCUT2D eigenvalue weighted by Gasteiger charge is 2.58. The van der Waals surface area contributed by atoms with Crippen molar-refractivity contribution in [1.82, 2.24) is 9.88 Å². The van der Waals surface area contributed by atoms with Crippen molar-refractivity contribution in [3.63, 3.8) is 0 Å². The molecule has 5 rings (SSSR count). The molecular weight excluding hydrogens is 492 g/mol. The molecule has 3 aliphatic rings. The minimum absolute atomic E-state index is 0.183. The van der Waals surface area contributed by atoms with Crippen LogP contribution >= 0.6 is 0 Å². The number of methoxy groups -OCH3 is 2. The van der Waals surface area contributed by atoms with E-state index in [0.717, 1.165) is 29.5 Å². The highest BCUT2D eigenvalue weighted by atomic mass is 16.5. The SMILES string of the molecule is COCC1=C2[C@@H](CC/C(=C/c3ccc(CO)o3)c3ccccn3)OC[C@@H]2[C@@H]2C(=O)N(C(=O)OC)C(=O)[C@@H]2C1. The molecule has 0 aromatic carbocycles. The number of rotatable bonds is 8. The quantitative estimate of drug-likeness (QED) is 0.410. The van der Waals surface area contributed by atoms with E-state index in [4.69, 9.17) is 18.6 Å². The number of aliphatic hydroxyl groups is 1. The summed E-state index contributed by atoms with van der Waals surface area (Å²) in [5, 5.41) is 9.36. The van der Waals surface area contributed by atoms with E-state index in [0.29, 0.717) is 42.3 Å². The maximum absolute atomic E-state index is 13.2. The number of allylic oxidation sites excluding steroid dienone is 1. The Balaban J connectivity index is 1.42. The van der Waals surface area contributed by atoms with E-state index in [2.05, 4.69) is 4.98 Å². The van der Waals surface area contributed by atoms with Crippen molar-refractivity contribution in [2.45, 2.75) is 32.0 Å². The third-order valence-electron chi connectivity index (χ3n) is 7.51. The van der Waals surface area contributed by atoms with Crippen LogP contribution in [0.3, 0.4) is 0 Å². The van der Waals surface area contributed by atoms with Gasteiger partial charge in [-0.05, 0) is 66.3 Å². The molecule has 2 aliphatic heterocycles. The molecule has 0 spiro atoms. The van der Waals surface area contributed by atoms with Gasteiger partial charge in [0.05, 0.1) is 44.0 Å². The van der Waals surface area contributed by atoms with Gasteiger partial charge in [0.2, 0.25) is 11.8 Å². The van der Waals surface area contributed by atoms with E-state index < -0.39 is 29.7 Å². The molecule has 0 unspecified atom stereocenters. The molecule has 1 N–H and O–H groups in total. The number of ether oxygens (including phenoxy) is 3. The van der Waals surface area contributed by atoms with Crippen LogP contribution in [0, 0.1) is 17.8 Å². The number of aromatic nitrogens is 1. The monoisotopic (exact) mass is 522 g/mol. The minimum Gasteiger partial charge on any atom is -0.459 e. The summed E-state index contributed by atoms with van der Waals surface area (Å²) in [7, 11) is 2.74. The Labute approximate surface area is 219 Å². The molecule has 2 fully saturated rings. The number of nitrogens with zero attached hydrogens (tertiary/aromatic N) is 2. The maximum atomic E-state index is 13.2. The molecule has 2 aromatic rings. The van der Waals surface area contributed by atoms with Gasteiger partial charge in [-0.25, -0.2) is 4.79 Å². The number of amides is 3. The average molecular weight is 523 g/mol. The van der Waals surface area contributed by atoms with Crippen molar-refractivity contribution < 1.29 is 38.1 Å². The van der Waals surface area contributed by atoms with Crippen LogP contribution in [0.5, 0.6) is 0 Å². The van der Waals surface area contributed by atoms with Crippen molar-refractivity contribution >= 4 is 29.6 Å². The van der Waals surface area contributed by atoms with E-state index in [1.54, 1.807) is 25.4 Å². The molecule has 2 aromatic heterocycles. The number of likely N-dealkylation sites (tertiary alicyclic amines) is 1. The molecule has 38 heavy (non-hydrogen) atoms. The smallest absolute Gasteiger partial charge is 0.423 e. The molecule has 2 saturated heterocycles. The van der Waals surface area contributed by atoms with Gasteiger partial charge < -0.3 is 23.7 Å². The second-order valence-electron chi connectivity index (χ2n) is 9.62. The molecular formula is C28H30N2O8. The topological polar surface area (TPSA) is 128 Å². The van der Waals surface area contributed by atoms with E-state index >= 15 is 0 Å². The Hall–Kier alpha value is -3.60. The fraction of sp³-hybridized carbons (Fsp3) is 0.429. The largest absolute Gasteiger partial charge is 0.459 e. The number of carbonyl (C=O) groups is 3. The maximum Gasteiger partial charge on any atom is 0.423 e. The summed E-state index contributed by atoms with van der Waals surface area (Å²) < 4.78 is 22.1. The zero-order valence-corrected chi connectivity index (χ0v) is 21.3. The first-order valence-corrected chi connectivity index (χ1v) is 12.6. The highest BCUT2D eigenvalue weighted by Crippen LogP contribution is 2.50. The van der Waals surface area contributed by atoms with Gasteiger partial charge in [-0.3, -0.25) is 14.6 Å². The van der Waals surface area contributed by atoms with E-state index in [-0.39, 0.29) is 25.2 Å². The second kappa shape index (κ2) is 11.0. The number of imide groups is 3. The van der Waals surface area contributed by atoms with Crippen LogP contribution in [0.1, 0.15) is 36.5 Å². The summed E-state index contributed by atoms with van der Waals surface area (Å²) in [6.45, 7) is 0.411. The number of furan rings is 1. The number of hydrogen-bond acceptors (Lipinski definition) is 9. The third kappa shape index (κ3) is 4.70. The number of hydrogen-bond donors (Lipinski definition) is 1. The summed E-state index contributed by atoms with van der Waals surface area (Å²) in [6.07, 6.45) is 3.94. The van der Waals surface area contributed by atoms with Crippen LogP contribution in [-0.2, 0) is 30.4 Å². The van der Waals surface area contributed by atoms with Gasteiger partial charge in [-0.2, -0.15) is 4.90 Å². The fourth-order valence-corrected chi connectivity index (χ4v) is 5.89. The molecule has 0 radical (unpaired) electrons. The van der Waals surface area contributed by atoms with E-state index in [1.165, 1.54) is 0 Å². The molecule has 10 nitrogen and oxygen atoms in total. The summed E-state index contributed by atoms with van der Waals surface area (Å²) >= 11 is 0. The van der Waals surface area contributed by atoms with Gasteiger partial charge in [0.1, 0.15) is 18.1 Å². The zero-order valence-electron chi connectivity index (χ0n) is 21.3. The number of aliphatic hydroxyl groups excluding tert-OH is 1. The first-order valence-electron chi connectivity index (χ1n) is 12.6. The van der Waals surface area contributed by atoms with Gasteiger partial charge in [0.25, 0.3) is 0 Å². The molecule has 200 valence electrons. The van der Waals surface area contributed by atoms with Crippen LogP contribution in [0.4, 0.5) is 4.79 Å². The number of carbonyl (C=O) groups excluding carboxylic acids is 3. The Bertz CT molecular complexity index is 1280. The van der Waals surface area contributed by atoms with Gasteiger partial charge in [0.15, 0.2) is 0 Å². The molecule has 3 amide bonds. The summed E-state index contributed by atoms with van der Waals surface area (Å²) in [6, 6.07) is 9.21. The van der Waals surface area contributed by atoms with Crippen LogP contribution in [-0.4, -0.2) is 66.4 Å². The van der Waals surface area contributed by atoms with Gasteiger partial charge >= 0.3 is 6.09 Å². The Morgan fingerprint density at radius 2 is 2.03 bits per heavy atom. The van der Waals surface area contributed by atoms with Gasteiger partial charge in [-0.1, -0.05) is 6.07 Å². The number of pyridine rings is 1.